The zero-order valence-corrected chi connectivity index (χ0v) is 11.9. The van der Waals surface area contributed by atoms with E-state index in [0.717, 1.165) is 0 Å². The smallest absolute Gasteiger partial charge is 0.254 e. The third-order valence-electron chi connectivity index (χ3n) is 2.61. The number of hydrogen-bond acceptors (Lipinski definition) is 3. The molecule has 0 saturated heterocycles. The molecule has 1 atom stereocenters. The molecule has 19 heavy (non-hydrogen) atoms. The molecule has 0 radical (unpaired) electrons. The summed E-state index contributed by atoms with van der Waals surface area (Å²) in [5.41, 5.74) is 5.34. The van der Waals surface area contributed by atoms with Gasteiger partial charge in [0, 0.05) is 12.5 Å². The van der Waals surface area contributed by atoms with Crippen LogP contribution in [0.1, 0.15) is 30.1 Å². The fourth-order valence-corrected chi connectivity index (χ4v) is 1.90. The second kappa shape index (κ2) is 7.08. The van der Waals surface area contributed by atoms with Crippen molar-refractivity contribution in [1.29, 1.82) is 0 Å². The van der Waals surface area contributed by atoms with Gasteiger partial charge in [-0.3, -0.25) is 4.79 Å². The molecule has 1 aromatic carbocycles. The Hall–Kier alpha value is -1.63. The maximum Gasteiger partial charge on any atom is 0.254 e. The minimum absolute atomic E-state index is 0.0156. The number of halogens is 2. The molecule has 0 aliphatic carbocycles. The van der Waals surface area contributed by atoms with Crippen molar-refractivity contribution >= 4 is 27.7 Å². The summed E-state index contributed by atoms with van der Waals surface area (Å²) in [6.45, 7) is 1.84. The zero-order chi connectivity index (χ0) is 14.4. The van der Waals surface area contributed by atoms with Crippen molar-refractivity contribution in [2.75, 3.05) is 0 Å². The monoisotopic (exact) mass is 331 g/mol. The number of oxime groups is 1. The van der Waals surface area contributed by atoms with Crippen LogP contribution in [0.25, 0.3) is 0 Å². The molecule has 0 fully saturated rings. The Balaban J connectivity index is 2.80. The largest absolute Gasteiger partial charge is 0.409 e. The third-order valence-corrected chi connectivity index (χ3v) is 3.22. The molecular formula is C12H15BrFN3O2. The number of carbonyl (C=O) groups excluding carboxylic acids is 1. The Kier molecular flexibility index (Phi) is 5.75. The molecule has 0 spiro atoms. The third kappa shape index (κ3) is 4.20. The van der Waals surface area contributed by atoms with Gasteiger partial charge in [-0.05, 0) is 34.5 Å². The van der Waals surface area contributed by atoms with Gasteiger partial charge in [0.05, 0.1) is 10.0 Å². The Morgan fingerprint density at radius 3 is 2.89 bits per heavy atom. The molecule has 4 N–H and O–H groups in total. The molecule has 7 heteroatoms. The average Bonchev–Trinajstić information content (AvgIpc) is 2.40. The quantitative estimate of drug-likeness (QED) is 0.334. The second-order valence-corrected chi connectivity index (χ2v) is 4.83. The van der Waals surface area contributed by atoms with Gasteiger partial charge in [0.1, 0.15) is 11.7 Å². The molecular weight excluding hydrogens is 317 g/mol. The molecule has 104 valence electrons. The van der Waals surface area contributed by atoms with E-state index in [1.54, 1.807) is 6.07 Å². The number of hydrogen-bond donors (Lipinski definition) is 3. The molecule has 0 bridgehead atoms. The molecule has 0 aliphatic heterocycles. The number of rotatable bonds is 5. The van der Waals surface area contributed by atoms with E-state index in [2.05, 4.69) is 26.4 Å². The van der Waals surface area contributed by atoms with Crippen molar-refractivity contribution in [2.45, 2.75) is 25.8 Å². The van der Waals surface area contributed by atoms with Crippen LogP contribution in [-0.2, 0) is 0 Å². The van der Waals surface area contributed by atoms with E-state index in [4.69, 9.17) is 10.9 Å². The summed E-state index contributed by atoms with van der Waals surface area (Å²) in [4.78, 5) is 11.9. The lowest BCUT2D eigenvalue weighted by molar-refractivity contribution is 0.0932. The first-order valence-electron chi connectivity index (χ1n) is 5.70. The molecule has 0 aromatic heterocycles. The van der Waals surface area contributed by atoms with Gasteiger partial charge in [-0.15, -0.1) is 0 Å². The topological polar surface area (TPSA) is 87.7 Å². The molecule has 1 amide bonds. The number of nitrogens with two attached hydrogens (primary N) is 1. The maximum atomic E-state index is 13.7. The number of amides is 1. The fourth-order valence-electron chi connectivity index (χ4n) is 1.53. The minimum atomic E-state index is -0.612. The minimum Gasteiger partial charge on any atom is -0.409 e. The second-order valence-electron chi connectivity index (χ2n) is 3.98. The summed E-state index contributed by atoms with van der Waals surface area (Å²) in [6.07, 6.45) is 0.784. The van der Waals surface area contributed by atoms with Crippen LogP contribution in [0.15, 0.2) is 27.8 Å². The summed E-state index contributed by atoms with van der Waals surface area (Å²) in [5, 5.41) is 14.0. The highest BCUT2D eigenvalue weighted by Gasteiger charge is 2.17. The van der Waals surface area contributed by atoms with E-state index < -0.39 is 11.7 Å². The van der Waals surface area contributed by atoms with Gasteiger partial charge in [-0.1, -0.05) is 18.1 Å². The number of carbonyl (C=O) groups is 1. The van der Waals surface area contributed by atoms with Crippen molar-refractivity contribution in [3.8, 4) is 0 Å². The summed E-state index contributed by atoms with van der Waals surface area (Å²) in [5.74, 6) is -1.13. The van der Waals surface area contributed by atoms with Crippen LogP contribution in [0.5, 0.6) is 0 Å². The van der Waals surface area contributed by atoms with Gasteiger partial charge in [0.25, 0.3) is 5.91 Å². The predicted molar refractivity (Wildman–Crippen MR) is 73.7 cm³/mol. The van der Waals surface area contributed by atoms with E-state index in [-0.39, 0.29) is 28.3 Å². The summed E-state index contributed by atoms with van der Waals surface area (Å²) in [6, 6.07) is 4.17. The SMILES string of the molecule is CCC(C/C(N)=N/O)NC(=O)c1cccc(Br)c1F. The van der Waals surface area contributed by atoms with Gasteiger partial charge < -0.3 is 16.3 Å². The highest BCUT2D eigenvalue weighted by atomic mass is 79.9. The summed E-state index contributed by atoms with van der Waals surface area (Å²) in [7, 11) is 0. The van der Waals surface area contributed by atoms with Crippen molar-refractivity contribution < 1.29 is 14.4 Å². The summed E-state index contributed by atoms with van der Waals surface area (Å²) < 4.78 is 14.0. The number of amidine groups is 1. The van der Waals surface area contributed by atoms with Gasteiger partial charge in [-0.2, -0.15) is 0 Å². The lowest BCUT2D eigenvalue weighted by Crippen LogP contribution is -2.37. The van der Waals surface area contributed by atoms with Crippen molar-refractivity contribution in [2.24, 2.45) is 10.9 Å². The van der Waals surface area contributed by atoms with Gasteiger partial charge in [-0.25, -0.2) is 4.39 Å². The predicted octanol–water partition coefficient (Wildman–Crippen LogP) is 2.23. The Morgan fingerprint density at radius 2 is 2.32 bits per heavy atom. The van der Waals surface area contributed by atoms with Crippen LogP contribution in [0.4, 0.5) is 4.39 Å². The number of benzene rings is 1. The van der Waals surface area contributed by atoms with Crippen LogP contribution in [-0.4, -0.2) is 23.0 Å². The molecule has 1 unspecified atom stereocenters. The highest BCUT2D eigenvalue weighted by molar-refractivity contribution is 9.10. The fraction of sp³-hybridized carbons (Fsp3) is 0.333. The van der Waals surface area contributed by atoms with Crippen LogP contribution in [0.2, 0.25) is 0 Å². The van der Waals surface area contributed by atoms with E-state index in [0.29, 0.717) is 6.42 Å². The molecule has 0 saturated carbocycles. The maximum absolute atomic E-state index is 13.7. The van der Waals surface area contributed by atoms with Crippen molar-refractivity contribution in [1.82, 2.24) is 5.32 Å². The number of nitrogens with zero attached hydrogens (tertiary/aromatic N) is 1. The average molecular weight is 332 g/mol. The number of nitrogens with one attached hydrogen (secondary N) is 1. The molecule has 0 heterocycles. The first kappa shape index (κ1) is 15.4. The van der Waals surface area contributed by atoms with Gasteiger partial charge >= 0.3 is 0 Å². The highest BCUT2D eigenvalue weighted by Crippen LogP contribution is 2.18. The van der Waals surface area contributed by atoms with E-state index in [9.17, 15) is 9.18 Å². The Labute approximate surface area is 118 Å². The van der Waals surface area contributed by atoms with Crippen LogP contribution in [0, 0.1) is 5.82 Å². The normalized spacial score (nSPS) is 13.1. The first-order valence-corrected chi connectivity index (χ1v) is 6.50. The van der Waals surface area contributed by atoms with E-state index in [1.165, 1.54) is 12.1 Å². The molecule has 1 aromatic rings. The van der Waals surface area contributed by atoms with E-state index >= 15 is 0 Å². The van der Waals surface area contributed by atoms with Crippen molar-refractivity contribution in [3.05, 3.63) is 34.1 Å². The Bertz CT molecular complexity index is 494. The zero-order valence-electron chi connectivity index (χ0n) is 10.4. The van der Waals surface area contributed by atoms with Crippen LogP contribution in [0.3, 0.4) is 0 Å². The molecule has 5 nitrogen and oxygen atoms in total. The van der Waals surface area contributed by atoms with Crippen molar-refractivity contribution in [3.63, 3.8) is 0 Å². The van der Waals surface area contributed by atoms with E-state index in [1.807, 2.05) is 6.92 Å². The van der Waals surface area contributed by atoms with Gasteiger partial charge in [0.2, 0.25) is 0 Å². The van der Waals surface area contributed by atoms with Gasteiger partial charge in [0.15, 0.2) is 0 Å². The lowest BCUT2D eigenvalue weighted by Gasteiger charge is -2.16. The molecule has 1 rings (SSSR count). The Morgan fingerprint density at radius 1 is 1.63 bits per heavy atom. The molecule has 0 aliphatic rings. The lowest BCUT2D eigenvalue weighted by atomic mass is 10.1. The first-order chi connectivity index (χ1) is 8.99. The summed E-state index contributed by atoms with van der Waals surface area (Å²) >= 11 is 3.02. The van der Waals surface area contributed by atoms with Crippen LogP contribution >= 0.6 is 15.9 Å². The van der Waals surface area contributed by atoms with Crippen LogP contribution < -0.4 is 11.1 Å². The standard InChI is InChI=1S/C12H15BrFN3O2/c1-2-7(6-10(15)17-19)16-12(18)8-4-3-5-9(13)11(8)14/h3-5,7,19H,2,6H2,1H3,(H2,15,17)(H,16,18).